The zero-order chi connectivity index (χ0) is 16.8. The Balaban J connectivity index is 1.24. The van der Waals surface area contributed by atoms with Crippen LogP contribution in [0.5, 0.6) is 0 Å². The first-order valence-corrected chi connectivity index (χ1v) is 10.2. The summed E-state index contributed by atoms with van der Waals surface area (Å²) < 4.78 is 2.38. The van der Waals surface area contributed by atoms with E-state index in [1.54, 1.807) is 0 Å². The van der Waals surface area contributed by atoms with Gasteiger partial charge < -0.3 is 9.47 Å². The molecule has 1 aromatic heterocycles. The molecule has 0 N–H and O–H groups in total. The fourth-order valence-electron chi connectivity index (χ4n) is 5.47. The topological polar surface area (TPSA) is 51.0 Å². The van der Waals surface area contributed by atoms with Gasteiger partial charge in [-0.3, -0.25) is 4.79 Å². The van der Waals surface area contributed by atoms with Crippen LogP contribution in [0.15, 0.2) is 12.2 Å². The van der Waals surface area contributed by atoms with Crippen molar-refractivity contribution >= 4 is 5.91 Å². The maximum absolute atomic E-state index is 12.9. The molecule has 25 heavy (non-hydrogen) atoms. The molecule has 3 atom stereocenters. The van der Waals surface area contributed by atoms with Gasteiger partial charge in [0.1, 0.15) is 11.6 Å². The van der Waals surface area contributed by atoms with Crippen molar-refractivity contribution in [2.45, 2.75) is 63.8 Å². The highest BCUT2D eigenvalue weighted by atomic mass is 16.2. The summed E-state index contributed by atoms with van der Waals surface area (Å²) in [5.41, 5.74) is 0. The molecule has 1 saturated heterocycles. The van der Waals surface area contributed by atoms with Crippen LogP contribution in [0.1, 0.15) is 62.5 Å². The van der Waals surface area contributed by atoms with E-state index < -0.39 is 0 Å². The van der Waals surface area contributed by atoms with Crippen LogP contribution in [0.2, 0.25) is 0 Å². The van der Waals surface area contributed by atoms with Crippen molar-refractivity contribution in [3.05, 3.63) is 23.8 Å². The first-order valence-electron chi connectivity index (χ1n) is 10.2. The number of fused-ring (bicyclic) bond motifs is 3. The Bertz CT molecular complexity index is 686. The van der Waals surface area contributed by atoms with Crippen molar-refractivity contribution < 1.29 is 4.79 Å². The molecule has 3 heterocycles. The molecular formula is C20H28N4O. The Morgan fingerprint density at radius 3 is 2.64 bits per heavy atom. The highest BCUT2D eigenvalue weighted by molar-refractivity contribution is 5.80. The van der Waals surface area contributed by atoms with Gasteiger partial charge in [0, 0.05) is 37.9 Å². The number of rotatable bonds is 2. The first kappa shape index (κ1) is 15.6. The molecule has 5 nitrogen and oxygen atoms in total. The molecule has 2 aliphatic carbocycles. The summed E-state index contributed by atoms with van der Waals surface area (Å²) in [6.07, 6.45) is 13.8. The molecular weight excluding hydrogens is 312 g/mol. The quantitative estimate of drug-likeness (QED) is 0.778. The third-order valence-corrected chi connectivity index (χ3v) is 6.91. The second kappa shape index (κ2) is 6.26. The molecule has 134 valence electrons. The van der Waals surface area contributed by atoms with Crippen LogP contribution in [0.25, 0.3) is 0 Å². The van der Waals surface area contributed by atoms with E-state index in [1.807, 2.05) is 0 Å². The molecule has 2 bridgehead atoms. The van der Waals surface area contributed by atoms with Gasteiger partial charge in [-0.25, -0.2) is 0 Å². The summed E-state index contributed by atoms with van der Waals surface area (Å²) in [6, 6.07) is 0. The Morgan fingerprint density at radius 2 is 1.88 bits per heavy atom. The smallest absolute Gasteiger partial charge is 0.226 e. The van der Waals surface area contributed by atoms with Crippen molar-refractivity contribution in [3.63, 3.8) is 0 Å². The second-order valence-electron chi connectivity index (χ2n) is 8.42. The summed E-state index contributed by atoms with van der Waals surface area (Å²) in [5, 5.41) is 9.00. The Labute approximate surface area is 149 Å². The van der Waals surface area contributed by atoms with Gasteiger partial charge in [-0.2, -0.15) is 0 Å². The highest BCUT2D eigenvalue weighted by Crippen LogP contribution is 2.44. The van der Waals surface area contributed by atoms with Gasteiger partial charge in [-0.1, -0.05) is 18.6 Å². The van der Waals surface area contributed by atoms with Gasteiger partial charge in [0.2, 0.25) is 5.91 Å². The lowest BCUT2D eigenvalue weighted by atomic mass is 9.90. The molecule has 5 heteroatoms. The number of likely N-dealkylation sites (tertiary alicyclic amines) is 1. The Hall–Kier alpha value is -1.65. The second-order valence-corrected chi connectivity index (χ2v) is 8.42. The molecule has 4 aliphatic rings. The number of aryl methyl sites for hydroxylation is 1. The molecule has 2 fully saturated rings. The van der Waals surface area contributed by atoms with E-state index in [0.29, 0.717) is 23.7 Å². The average Bonchev–Trinajstić information content (AvgIpc) is 3.34. The predicted molar refractivity (Wildman–Crippen MR) is 95.0 cm³/mol. The molecule has 0 aromatic carbocycles. The first-order chi connectivity index (χ1) is 12.3. The standard InChI is InChI=1S/C20H28N4O/c25-20(17-13-14-5-6-16(17)12-14)23-10-7-15(8-11-23)19-22-21-18-4-2-1-3-9-24(18)19/h5-6,14-17H,1-4,7-13H2/t14-,16+,17-/m1/s1. The van der Waals surface area contributed by atoms with Gasteiger partial charge in [0.15, 0.2) is 0 Å². The molecule has 2 aliphatic heterocycles. The number of allylic oxidation sites excluding steroid dienone is 2. The minimum absolute atomic E-state index is 0.260. The number of piperidine rings is 1. The summed E-state index contributed by atoms with van der Waals surface area (Å²) in [4.78, 5) is 15.1. The number of carbonyl (C=O) groups is 1. The number of amides is 1. The molecule has 1 amide bonds. The number of hydrogen-bond donors (Lipinski definition) is 0. The summed E-state index contributed by atoms with van der Waals surface area (Å²) >= 11 is 0. The maximum Gasteiger partial charge on any atom is 0.226 e. The third-order valence-electron chi connectivity index (χ3n) is 6.91. The number of aromatic nitrogens is 3. The predicted octanol–water partition coefficient (Wildman–Crippen LogP) is 2.92. The van der Waals surface area contributed by atoms with E-state index in [0.717, 1.165) is 45.3 Å². The van der Waals surface area contributed by atoms with Crippen molar-refractivity contribution in [1.82, 2.24) is 19.7 Å². The molecule has 1 aromatic rings. The minimum atomic E-state index is 0.260. The zero-order valence-electron chi connectivity index (χ0n) is 14.9. The van der Waals surface area contributed by atoms with Crippen LogP contribution in [0.4, 0.5) is 0 Å². The molecule has 0 unspecified atom stereocenters. The van der Waals surface area contributed by atoms with Crippen molar-refractivity contribution in [1.29, 1.82) is 0 Å². The zero-order valence-corrected chi connectivity index (χ0v) is 14.9. The normalized spacial score (nSPS) is 32.0. The SMILES string of the molecule is O=C([C@@H]1C[C@@H]2C=C[C@H]1C2)N1CCC(c2nnc3n2CCCCC3)CC1. The maximum atomic E-state index is 12.9. The van der Waals surface area contributed by atoms with E-state index >= 15 is 0 Å². The lowest BCUT2D eigenvalue weighted by Crippen LogP contribution is -2.42. The number of carbonyl (C=O) groups excluding carboxylic acids is 1. The van der Waals surface area contributed by atoms with Crippen LogP contribution < -0.4 is 0 Å². The van der Waals surface area contributed by atoms with Crippen LogP contribution in [0.3, 0.4) is 0 Å². The fraction of sp³-hybridized carbons (Fsp3) is 0.750. The lowest BCUT2D eigenvalue weighted by Gasteiger charge is -2.34. The Morgan fingerprint density at radius 1 is 1.00 bits per heavy atom. The van der Waals surface area contributed by atoms with E-state index in [1.165, 1.54) is 37.3 Å². The number of hydrogen-bond acceptors (Lipinski definition) is 3. The highest BCUT2D eigenvalue weighted by Gasteiger charge is 2.42. The van der Waals surface area contributed by atoms with E-state index in [4.69, 9.17) is 0 Å². The minimum Gasteiger partial charge on any atom is -0.342 e. The number of nitrogens with zero attached hydrogens (tertiary/aromatic N) is 4. The van der Waals surface area contributed by atoms with E-state index in [9.17, 15) is 4.79 Å². The van der Waals surface area contributed by atoms with Gasteiger partial charge in [-0.05, 0) is 50.4 Å². The molecule has 0 spiro atoms. The van der Waals surface area contributed by atoms with Crippen molar-refractivity contribution in [2.75, 3.05) is 13.1 Å². The molecule has 1 saturated carbocycles. The van der Waals surface area contributed by atoms with Gasteiger partial charge in [-0.15, -0.1) is 10.2 Å². The van der Waals surface area contributed by atoms with E-state index in [2.05, 4.69) is 31.8 Å². The molecule has 0 radical (unpaired) electrons. The van der Waals surface area contributed by atoms with Gasteiger partial charge in [0.25, 0.3) is 0 Å². The van der Waals surface area contributed by atoms with Gasteiger partial charge >= 0.3 is 0 Å². The van der Waals surface area contributed by atoms with E-state index in [-0.39, 0.29) is 5.92 Å². The largest absolute Gasteiger partial charge is 0.342 e. The van der Waals surface area contributed by atoms with Crippen LogP contribution in [-0.2, 0) is 17.8 Å². The van der Waals surface area contributed by atoms with Crippen LogP contribution in [-0.4, -0.2) is 38.7 Å². The summed E-state index contributed by atoms with van der Waals surface area (Å²) in [7, 11) is 0. The van der Waals surface area contributed by atoms with Crippen molar-refractivity contribution in [2.24, 2.45) is 17.8 Å². The summed E-state index contributed by atoms with van der Waals surface area (Å²) in [6.45, 7) is 2.86. The lowest BCUT2D eigenvalue weighted by molar-refractivity contribution is -0.137. The van der Waals surface area contributed by atoms with Crippen LogP contribution >= 0.6 is 0 Å². The third kappa shape index (κ3) is 2.72. The van der Waals surface area contributed by atoms with Crippen molar-refractivity contribution in [3.8, 4) is 0 Å². The Kier molecular flexibility index (Phi) is 3.90. The fourth-order valence-corrected chi connectivity index (χ4v) is 5.47. The average molecular weight is 340 g/mol. The monoisotopic (exact) mass is 340 g/mol. The summed E-state index contributed by atoms with van der Waals surface area (Å²) in [5.74, 6) is 4.70. The molecule has 5 rings (SSSR count). The van der Waals surface area contributed by atoms with Crippen LogP contribution in [0, 0.1) is 17.8 Å². The van der Waals surface area contributed by atoms with Gasteiger partial charge in [0.05, 0.1) is 0 Å².